The zero-order valence-electron chi connectivity index (χ0n) is 13.1. The predicted molar refractivity (Wildman–Crippen MR) is 86.3 cm³/mol. The van der Waals surface area contributed by atoms with Crippen LogP contribution in [0.1, 0.15) is 36.3 Å². The SMILES string of the molecule is CN(C)C[C@H]1CCC[C@@H]1c1ccc2c(c1)c(C#N)cn2C. The van der Waals surface area contributed by atoms with Crippen molar-refractivity contribution in [3.8, 4) is 6.07 Å². The molecule has 1 aliphatic rings. The summed E-state index contributed by atoms with van der Waals surface area (Å²) in [5, 5.41) is 10.4. The third-order valence-corrected chi connectivity index (χ3v) is 4.82. The van der Waals surface area contributed by atoms with Gasteiger partial charge in [0.2, 0.25) is 0 Å². The molecule has 1 fully saturated rings. The van der Waals surface area contributed by atoms with Crippen LogP contribution >= 0.6 is 0 Å². The van der Waals surface area contributed by atoms with Crippen LogP contribution in [-0.2, 0) is 7.05 Å². The molecule has 3 rings (SSSR count). The van der Waals surface area contributed by atoms with Crippen molar-refractivity contribution in [2.75, 3.05) is 20.6 Å². The van der Waals surface area contributed by atoms with E-state index >= 15 is 0 Å². The highest BCUT2D eigenvalue weighted by atomic mass is 15.1. The highest BCUT2D eigenvalue weighted by Gasteiger charge is 2.29. The Bertz CT molecular complexity index is 690. The first-order valence-electron chi connectivity index (χ1n) is 7.74. The van der Waals surface area contributed by atoms with Gasteiger partial charge in [0, 0.05) is 30.7 Å². The molecule has 0 N–H and O–H groups in total. The molecule has 1 aromatic heterocycles. The maximum absolute atomic E-state index is 9.31. The second-order valence-electron chi connectivity index (χ2n) is 6.60. The number of rotatable bonds is 3. The lowest BCUT2D eigenvalue weighted by Crippen LogP contribution is -2.23. The van der Waals surface area contributed by atoms with E-state index in [2.05, 4.69) is 43.3 Å². The van der Waals surface area contributed by atoms with Crippen LogP contribution in [0.15, 0.2) is 24.4 Å². The number of nitriles is 1. The number of aromatic nitrogens is 1. The summed E-state index contributed by atoms with van der Waals surface area (Å²) in [6, 6.07) is 9.02. The molecular weight excluding hydrogens is 258 g/mol. The predicted octanol–water partition coefficient (Wildman–Crippen LogP) is 3.50. The van der Waals surface area contributed by atoms with Crippen LogP contribution < -0.4 is 0 Å². The molecule has 1 saturated carbocycles. The van der Waals surface area contributed by atoms with E-state index in [-0.39, 0.29) is 0 Å². The van der Waals surface area contributed by atoms with Gasteiger partial charge in [0.1, 0.15) is 6.07 Å². The smallest absolute Gasteiger partial charge is 0.101 e. The third kappa shape index (κ3) is 2.56. The fraction of sp³-hybridized carbons (Fsp3) is 0.500. The number of benzene rings is 1. The van der Waals surface area contributed by atoms with Crippen molar-refractivity contribution in [1.82, 2.24) is 9.47 Å². The maximum Gasteiger partial charge on any atom is 0.101 e. The summed E-state index contributed by atoms with van der Waals surface area (Å²) in [5.74, 6) is 1.38. The highest BCUT2D eigenvalue weighted by Crippen LogP contribution is 2.41. The standard InChI is InChI=1S/C18H23N3/c1-20(2)11-14-5-4-6-16(14)13-7-8-18-17(9-13)15(10-19)12-21(18)3/h7-9,12,14,16H,4-6,11H2,1-3H3/t14-,16-/m1/s1. The number of hydrogen-bond acceptors (Lipinski definition) is 2. The van der Waals surface area contributed by atoms with E-state index in [1.54, 1.807) is 0 Å². The summed E-state index contributed by atoms with van der Waals surface area (Å²) in [6.45, 7) is 1.16. The van der Waals surface area contributed by atoms with Crippen molar-refractivity contribution >= 4 is 10.9 Å². The van der Waals surface area contributed by atoms with Gasteiger partial charge in [-0.25, -0.2) is 0 Å². The molecule has 0 unspecified atom stereocenters. The highest BCUT2D eigenvalue weighted by molar-refractivity contribution is 5.87. The molecule has 21 heavy (non-hydrogen) atoms. The van der Waals surface area contributed by atoms with E-state index in [4.69, 9.17) is 0 Å². The van der Waals surface area contributed by atoms with Gasteiger partial charge < -0.3 is 9.47 Å². The van der Waals surface area contributed by atoms with E-state index in [1.165, 1.54) is 24.8 Å². The van der Waals surface area contributed by atoms with Gasteiger partial charge in [-0.2, -0.15) is 5.26 Å². The Hall–Kier alpha value is -1.79. The molecule has 0 saturated heterocycles. The number of fused-ring (bicyclic) bond motifs is 1. The summed E-state index contributed by atoms with van der Waals surface area (Å²) in [5.41, 5.74) is 3.35. The van der Waals surface area contributed by atoms with Gasteiger partial charge in [0.15, 0.2) is 0 Å². The lowest BCUT2D eigenvalue weighted by Gasteiger charge is -2.23. The Morgan fingerprint density at radius 3 is 2.86 bits per heavy atom. The van der Waals surface area contributed by atoms with E-state index in [0.717, 1.165) is 28.9 Å². The Labute approximate surface area is 126 Å². The number of hydrogen-bond donors (Lipinski definition) is 0. The van der Waals surface area contributed by atoms with Crippen molar-refractivity contribution in [1.29, 1.82) is 5.26 Å². The molecule has 2 atom stereocenters. The van der Waals surface area contributed by atoms with Crippen molar-refractivity contribution in [3.05, 3.63) is 35.5 Å². The van der Waals surface area contributed by atoms with Gasteiger partial charge in [0.25, 0.3) is 0 Å². The fourth-order valence-electron chi connectivity index (χ4n) is 3.89. The first kappa shape index (κ1) is 14.2. The molecule has 1 aliphatic carbocycles. The van der Waals surface area contributed by atoms with Crippen molar-refractivity contribution in [2.45, 2.75) is 25.2 Å². The van der Waals surface area contributed by atoms with Crippen molar-refractivity contribution in [3.63, 3.8) is 0 Å². The topological polar surface area (TPSA) is 32.0 Å². The van der Waals surface area contributed by atoms with Crippen LogP contribution in [0, 0.1) is 17.2 Å². The van der Waals surface area contributed by atoms with Crippen molar-refractivity contribution in [2.24, 2.45) is 13.0 Å². The Balaban J connectivity index is 1.99. The Morgan fingerprint density at radius 1 is 1.33 bits per heavy atom. The molecular formula is C18H23N3. The summed E-state index contributed by atoms with van der Waals surface area (Å²) >= 11 is 0. The minimum absolute atomic E-state index is 0.642. The van der Waals surface area contributed by atoms with Crippen LogP contribution in [0.5, 0.6) is 0 Å². The Kier molecular flexibility index (Phi) is 3.73. The van der Waals surface area contributed by atoms with Crippen LogP contribution in [0.3, 0.4) is 0 Å². The normalized spacial score (nSPS) is 22.0. The van der Waals surface area contributed by atoms with Crippen LogP contribution in [0.25, 0.3) is 10.9 Å². The molecule has 3 nitrogen and oxygen atoms in total. The maximum atomic E-state index is 9.31. The quantitative estimate of drug-likeness (QED) is 0.862. The third-order valence-electron chi connectivity index (χ3n) is 4.82. The average molecular weight is 281 g/mol. The number of nitrogens with zero attached hydrogens (tertiary/aromatic N) is 3. The zero-order chi connectivity index (χ0) is 15.0. The van der Waals surface area contributed by atoms with Gasteiger partial charge in [0.05, 0.1) is 5.56 Å². The van der Waals surface area contributed by atoms with Gasteiger partial charge in [-0.05, 0) is 56.5 Å². The van der Waals surface area contributed by atoms with Crippen LogP contribution in [0.4, 0.5) is 0 Å². The molecule has 110 valence electrons. The fourth-order valence-corrected chi connectivity index (χ4v) is 3.89. The molecule has 1 aromatic carbocycles. The summed E-state index contributed by atoms with van der Waals surface area (Å²) < 4.78 is 2.05. The molecule has 3 heteroatoms. The molecule has 0 radical (unpaired) electrons. The zero-order valence-corrected chi connectivity index (χ0v) is 13.1. The minimum atomic E-state index is 0.642. The van der Waals surface area contributed by atoms with Crippen LogP contribution in [-0.4, -0.2) is 30.1 Å². The lowest BCUT2D eigenvalue weighted by atomic mass is 9.88. The molecule has 0 aliphatic heterocycles. The number of aryl methyl sites for hydroxylation is 1. The van der Waals surface area contributed by atoms with E-state index in [9.17, 15) is 5.26 Å². The second-order valence-corrected chi connectivity index (χ2v) is 6.60. The van der Waals surface area contributed by atoms with Gasteiger partial charge in [-0.1, -0.05) is 12.5 Å². The molecule has 0 amide bonds. The summed E-state index contributed by atoms with van der Waals surface area (Å²) in [7, 11) is 6.32. The largest absolute Gasteiger partial charge is 0.349 e. The monoisotopic (exact) mass is 281 g/mol. The average Bonchev–Trinajstić information content (AvgIpc) is 3.02. The van der Waals surface area contributed by atoms with E-state index in [0.29, 0.717) is 5.92 Å². The van der Waals surface area contributed by atoms with Gasteiger partial charge >= 0.3 is 0 Å². The Morgan fingerprint density at radius 2 is 2.14 bits per heavy atom. The molecule has 1 heterocycles. The van der Waals surface area contributed by atoms with E-state index < -0.39 is 0 Å². The first-order chi connectivity index (χ1) is 10.1. The molecule has 0 bridgehead atoms. The van der Waals surface area contributed by atoms with Gasteiger partial charge in [-0.15, -0.1) is 0 Å². The first-order valence-corrected chi connectivity index (χ1v) is 7.74. The van der Waals surface area contributed by atoms with Gasteiger partial charge in [-0.3, -0.25) is 0 Å². The molecule has 0 spiro atoms. The minimum Gasteiger partial charge on any atom is -0.349 e. The van der Waals surface area contributed by atoms with E-state index in [1.807, 2.05) is 17.8 Å². The summed E-state index contributed by atoms with van der Waals surface area (Å²) in [4.78, 5) is 2.30. The second kappa shape index (κ2) is 5.54. The lowest BCUT2D eigenvalue weighted by molar-refractivity contribution is 0.310. The molecule has 2 aromatic rings. The summed E-state index contributed by atoms with van der Waals surface area (Å²) in [6.07, 6.45) is 5.85. The van der Waals surface area contributed by atoms with Crippen molar-refractivity contribution < 1.29 is 0 Å². The van der Waals surface area contributed by atoms with Crippen LogP contribution in [0.2, 0.25) is 0 Å².